The Bertz CT molecular complexity index is 681. The Labute approximate surface area is 132 Å². The van der Waals surface area contributed by atoms with Crippen molar-refractivity contribution in [1.82, 2.24) is 5.32 Å². The minimum Gasteiger partial charge on any atom is -0.390 e. The van der Waals surface area contributed by atoms with E-state index in [1.165, 1.54) is 11.3 Å². The lowest BCUT2D eigenvalue weighted by Gasteiger charge is -2.17. The fourth-order valence-electron chi connectivity index (χ4n) is 2.78. The van der Waals surface area contributed by atoms with Crippen molar-refractivity contribution in [2.45, 2.75) is 31.4 Å². The molecule has 3 rings (SSSR count). The molecule has 0 unspecified atom stereocenters. The zero-order chi connectivity index (χ0) is 15.5. The molecule has 2 aromatic rings. The first-order chi connectivity index (χ1) is 10.6. The molecule has 0 aliphatic heterocycles. The molecular weight excluding hydrogens is 298 g/mol. The van der Waals surface area contributed by atoms with E-state index in [1.807, 2.05) is 35.7 Å². The molecule has 0 radical (unpaired) electrons. The highest BCUT2D eigenvalue weighted by Crippen LogP contribution is 2.31. The average molecular weight is 315 g/mol. The maximum Gasteiger partial charge on any atom is 0.221 e. The fourth-order valence-corrected chi connectivity index (χ4v) is 3.48. The predicted octanol–water partition coefficient (Wildman–Crippen LogP) is 2.49. The molecule has 2 N–H and O–H groups in total. The first kappa shape index (κ1) is 14.9. The molecule has 1 aliphatic rings. The van der Waals surface area contributed by atoms with Gasteiger partial charge in [0.05, 0.1) is 17.0 Å². The van der Waals surface area contributed by atoms with Crippen LogP contribution in [0.15, 0.2) is 41.8 Å². The van der Waals surface area contributed by atoms with E-state index in [2.05, 4.69) is 5.32 Å². The van der Waals surface area contributed by atoms with E-state index < -0.39 is 6.10 Å². The van der Waals surface area contributed by atoms with Crippen LogP contribution in [0.1, 0.15) is 39.7 Å². The third-order valence-corrected chi connectivity index (χ3v) is 4.81. The molecule has 0 saturated heterocycles. The van der Waals surface area contributed by atoms with Gasteiger partial charge >= 0.3 is 0 Å². The van der Waals surface area contributed by atoms with Crippen LogP contribution in [-0.2, 0) is 11.2 Å². The fraction of sp³-hybridized carbons (Fsp3) is 0.294. The summed E-state index contributed by atoms with van der Waals surface area (Å²) < 4.78 is 0. The summed E-state index contributed by atoms with van der Waals surface area (Å²) in [7, 11) is 0. The van der Waals surface area contributed by atoms with Crippen LogP contribution in [0.4, 0.5) is 0 Å². The van der Waals surface area contributed by atoms with Crippen LogP contribution >= 0.6 is 11.3 Å². The number of thiophene rings is 1. The molecule has 1 aliphatic carbocycles. The monoisotopic (exact) mass is 315 g/mol. The summed E-state index contributed by atoms with van der Waals surface area (Å²) in [6, 6.07) is 10.9. The van der Waals surface area contributed by atoms with E-state index in [1.54, 1.807) is 6.07 Å². The second kappa shape index (κ2) is 6.42. The molecule has 4 nitrogen and oxygen atoms in total. The second-order valence-electron chi connectivity index (χ2n) is 5.42. The average Bonchev–Trinajstić information content (AvgIpc) is 3.14. The molecule has 0 saturated carbocycles. The molecule has 1 heterocycles. The third-order valence-electron chi connectivity index (χ3n) is 3.90. The second-order valence-corrected chi connectivity index (χ2v) is 6.36. The first-order valence-corrected chi connectivity index (χ1v) is 8.15. The molecular formula is C17H17NO3S. The number of rotatable bonds is 5. The normalized spacial score (nSPS) is 19.7. The lowest BCUT2D eigenvalue weighted by molar-refractivity contribution is -0.122. The van der Waals surface area contributed by atoms with Crippen molar-refractivity contribution >= 4 is 23.0 Å². The van der Waals surface area contributed by atoms with Gasteiger partial charge < -0.3 is 10.4 Å². The van der Waals surface area contributed by atoms with Gasteiger partial charge in [-0.15, -0.1) is 11.3 Å². The first-order valence-electron chi connectivity index (χ1n) is 7.27. The van der Waals surface area contributed by atoms with Crippen LogP contribution in [0, 0.1) is 0 Å². The van der Waals surface area contributed by atoms with Crippen molar-refractivity contribution in [3.05, 3.63) is 57.8 Å². The lowest BCUT2D eigenvalue weighted by Crippen LogP contribution is -2.33. The van der Waals surface area contributed by atoms with E-state index in [9.17, 15) is 14.7 Å². The number of aliphatic hydroxyl groups is 1. The van der Waals surface area contributed by atoms with E-state index in [4.69, 9.17) is 0 Å². The number of fused-ring (bicyclic) bond motifs is 1. The number of carbonyl (C=O) groups is 2. The van der Waals surface area contributed by atoms with Gasteiger partial charge in [0.15, 0.2) is 5.78 Å². The van der Waals surface area contributed by atoms with Crippen molar-refractivity contribution in [2.75, 3.05) is 0 Å². The number of ketones is 1. The SMILES string of the molecule is O=C(CCC(=O)c1cccs1)N[C@H]1c2ccccc2C[C@@H]1O. The molecule has 1 aromatic carbocycles. The van der Waals surface area contributed by atoms with Gasteiger partial charge in [-0.3, -0.25) is 9.59 Å². The number of nitrogens with one attached hydrogen (secondary N) is 1. The van der Waals surface area contributed by atoms with Crippen LogP contribution in [0.25, 0.3) is 0 Å². The van der Waals surface area contributed by atoms with Crippen molar-refractivity contribution in [3.63, 3.8) is 0 Å². The highest BCUT2D eigenvalue weighted by Gasteiger charge is 2.31. The summed E-state index contributed by atoms with van der Waals surface area (Å²) in [5, 5.41) is 14.8. The van der Waals surface area contributed by atoms with Crippen molar-refractivity contribution < 1.29 is 14.7 Å². The molecule has 1 aromatic heterocycles. The largest absolute Gasteiger partial charge is 0.390 e. The number of hydrogen-bond donors (Lipinski definition) is 2. The minimum atomic E-state index is -0.602. The maximum absolute atomic E-state index is 12.1. The smallest absolute Gasteiger partial charge is 0.221 e. The van der Waals surface area contributed by atoms with E-state index in [0.717, 1.165) is 11.1 Å². The third kappa shape index (κ3) is 3.10. The lowest BCUT2D eigenvalue weighted by atomic mass is 10.1. The van der Waals surface area contributed by atoms with Crippen LogP contribution in [0.2, 0.25) is 0 Å². The van der Waals surface area contributed by atoms with E-state index >= 15 is 0 Å². The number of hydrogen-bond acceptors (Lipinski definition) is 4. The molecule has 2 atom stereocenters. The summed E-state index contributed by atoms with van der Waals surface area (Å²) in [5.41, 5.74) is 2.03. The Balaban J connectivity index is 1.57. The Morgan fingerprint density at radius 3 is 2.77 bits per heavy atom. The Morgan fingerprint density at radius 1 is 1.18 bits per heavy atom. The summed E-state index contributed by atoms with van der Waals surface area (Å²) in [6.45, 7) is 0. The van der Waals surface area contributed by atoms with Crippen molar-refractivity contribution in [3.8, 4) is 0 Å². The van der Waals surface area contributed by atoms with Gasteiger partial charge in [0.1, 0.15) is 0 Å². The Morgan fingerprint density at radius 2 is 2.00 bits per heavy atom. The van der Waals surface area contributed by atoms with Gasteiger partial charge in [0.25, 0.3) is 0 Å². The van der Waals surface area contributed by atoms with Crippen LogP contribution in [0.5, 0.6) is 0 Å². The highest BCUT2D eigenvalue weighted by molar-refractivity contribution is 7.12. The van der Waals surface area contributed by atoms with E-state index in [0.29, 0.717) is 11.3 Å². The standard InChI is InChI=1S/C17H17NO3S/c19-13(15-6-3-9-22-15)7-8-16(21)18-17-12-5-2-1-4-11(12)10-14(17)20/h1-6,9,14,17,20H,7-8,10H2,(H,18,21)/t14-,17-/m0/s1. The van der Waals surface area contributed by atoms with Gasteiger partial charge in [0, 0.05) is 19.3 Å². The number of carbonyl (C=O) groups excluding carboxylic acids is 2. The molecule has 1 amide bonds. The summed E-state index contributed by atoms with van der Waals surface area (Å²) in [5.74, 6) is -0.219. The van der Waals surface area contributed by atoms with Gasteiger partial charge in [-0.2, -0.15) is 0 Å². The quantitative estimate of drug-likeness (QED) is 0.833. The van der Waals surface area contributed by atoms with Gasteiger partial charge in [-0.25, -0.2) is 0 Å². The molecule has 22 heavy (non-hydrogen) atoms. The molecule has 0 spiro atoms. The number of amides is 1. The molecule has 114 valence electrons. The summed E-state index contributed by atoms with van der Waals surface area (Å²) in [4.78, 5) is 24.6. The van der Waals surface area contributed by atoms with Crippen molar-refractivity contribution in [2.24, 2.45) is 0 Å². The maximum atomic E-state index is 12.1. The van der Waals surface area contributed by atoms with Crippen LogP contribution in [-0.4, -0.2) is 22.9 Å². The number of benzene rings is 1. The number of aliphatic hydroxyl groups excluding tert-OH is 1. The van der Waals surface area contributed by atoms with Gasteiger partial charge in [-0.1, -0.05) is 30.3 Å². The minimum absolute atomic E-state index is 0.0162. The summed E-state index contributed by atoms with van der Waals surface area (Å²) >= 11 is 1.39. The zero-order valence-corrected chi connectivity index (χ0v) is 12.8. The van der Waals surface area contributed by atoms with Crippen molar-refractivity contribution in [1.29, 1.82) is 0 Å². The Hall–Kier alpha value is -1.98. The molecule has 0 fully saturated rings. The highest BCUT2D eigenvalue weighted by atomic mass is 32.1. The van der Waals surface area contributed by atoms with Gasteiger partial charge in [-0.05, 0) is 22.6 Å². The summed E-state index contributed by atoms with van der Waals surface area (Å²) in [6.07, 6.45) is 0.281. The topological polar surface area (TPSA) is 66.4 Å². The van der Waals surface area contributed by atoms with Gasteiger partial charge in [0.2, 0.25) is 5.91 Å². The van der Waals surface area contributed by atoms with Crippen LogP contribution in [0.3, 0.4) is 0 Å². The predicted molar refractivity (Wildman–Crippen MR) is 84.9 cm³/mol. The molecule has 0 bridgehead atoms. The molecule has 5 heteroatoms. The zero-order valence-electron chi connectivity index (χ0n) is 12.0. The van der Waals surface area contributed by atoms with E-state index in [-0.39, 0.29) is 30.6 Å². The van der Waals surface area contributed by atoms with Crippen LogP contribution < -0.4 is 5.32 Å². The Kier molecular flexibility index (Phi) is 4.36. The number of Topliss-reactive ketones (excluding diaryl/α,β-unsaturated/α-hetero) is 1.